The highest BCUT2D eigenvalue weighted by molar-refractivity contribution is 7.12. The first kappa shape index (κ1) is 15.2. The van der Waals surface area contributed by atoms with Gasteiger partial charge in [-0.1, -0.05) is 31.4 Å². The van der Waals surface area contributed by atoms with Crippen molar-refractivity contribution < 1.29 is 0 Å². The lowest BCUT2D eigenvalue weighted by molar-refractivity contribution is 0.299. The topological polar surface area (TPSA) is 67.4 Å². The van der Waals surface area contributed by atoms with Crippen LogP contribution in [0, 0.1) is 17.2 Å². The second-order valence-electron chi connectivity index (χ2n) is 6.02. The summed E-state index contributed by atoms with van der Waals surface area (Å²) in [7, 11) is 0. The molecule has 0 amide bonds. The van der Waals surface area contributed by atoms with E-state index in [1.54, 1.807) is 10.9 Å². The van der Waals surface area contributed by atoms with Crippen LogP contribution in [0.25, 0.3) is 5.13 Å². The zero-order valence-electron chi connectivity index (χ0n) is 12.9. The molecule has 2 aromatic heterocycles. The fourth-order valence-corrected chi connectivity index (χ4v) is 4.01. The molecule has 0 atom stereocenters. The number of rotatable bonds is 5. The average Bonchev–Trinajstić information content (AvgIpc) is 3.22. The summed E-state index contributed by atoms with van der Waals surface area (Å²) in [4.78, 5) is 4.31. The van der Waals surface area contributed by atoms with Gasteiger partial charge in [-0.3, -0.25) is 0 Å². The van der Waals surface area contributed by atoms with Crippen LogP contribution in [0.4, 0.5) is 0 Å². The van der Waals surface area contributed by atoms with Gasteiger partial charge in [-0.25, -0.2) is 4.98 Å². The first-order chi connectivity index (χ1) is 10.8. The summed E-state index contributed by atoms with van der Waals surface area (Å²) in [5, 5.41) is 20.3. The summed E-state index contributed by atoms with van der Waals surface area (Å²) in [6, 6.07) is 2.20. The van der Waals surface area contributed by atoms with Crippen LogP contribution in [0.5, 0.6) is 0 Å². The van der Waals surface area contributed by atoms with Gasteiger partial charge in [0.25, 0.3) is 0 Å². The molecule has 2 aromatic rings. The third-order valence-corrected chi connectivity index (χ3v) is 5.36. The highest BCUT2D eigenvalue weighted by Gasteiger charge is 2.29. The van der Waals surface area contributed by atoms with Crippen molar-refractivity contribution in [1.29, 1.82) is 5.26 Å². The molecule has 6 heteroatoms. The molecule has 1 fully saturated rings. The van der Waals surface area contributed by atoms with Crippen molar-refractivity contribution in [2.45, 2.75) is 57.8 Å². The van der Waals surface area contributed by atoms with Crippen molar-refractivity contribution in [1.82, 2.24) is 20.0 Å². The van der Waals surface area contributed by atoms with Crippen LogP contribution in [-0.4, -0.2) is 20.0 Å². The molecule has 0 saturated heterocycles. The Hall–Kier alpha value is -1.74. The summed E-state index contributed by atoms with van der Waals surface area (Å²) in [5.74, 6) is 1.23. The molecule has 22 heavy (non-hydrogen) atoms. The van der Waals surface area contributed by atoms with Gasteiger partial charge in [0.05, 0.1) is 5.69 Å². The summed E-state index contributed by atoms with van der Waals surface area (Å²) in [5.41, 5.74) is 1.43. The van der Waals surface area contributed by atoms with Gasteiger partial charge in [-0.05, 0) is 31.6 Å². The Morgan fingerprint density at radius 3 is 2.82 bits per heavy atom. The van der Waals surface area contributed by atoms with Crippen molar-refractivity contribution in [3.8, 4) is 11.2 Å². The number of hydrogen-bond donors (Lipinski definition) is 0. The maximum Gasteiger partial charge on any atom is 0.211 e. The molecule has 0 aromatic carbocycles. The lowest BCUT2D eigenvalue weighted by atomic mass is 9.78. The number of thiazole rings is 1. The van der Waals surface area contributed by atoms with Crippen LogP contribution in [-0.2, 0) is 0 Å². The van der Waals surface area contributed by atoms with Crippen molar-refractivity contribution >= 4 is 11.3 Å². The molecule has 2 heterocycles. The van der Waals surface area contributed by atoms with Gasteiger partial charge in [0.2, 0.25) is 5.13 Å². The molecular formula is C16H21N5S. The Morgan fingerprint density at radius 1 is 1.36 bits per heavy atom. The van der Waals surface area contributed by atoms with Gasteiger partial charge in [-0.2, -0.15) is 9.94 Å². The van der Waals surface area contributed by atoms with E-state index >= 15 is 0 Å². The smallest absolute Gasteiger partial charge is 0.211 e. The van der Waals surface area contributed by atoms with Crippen LogP contribution in [0.2, 0.25) is 0 Å². The zero-order valence-corrected chi connectivity index (χ0v) is 13.7. The molecule has 3 rings (SSSR count). The summed E-state index contributed by atoms with van der Waals surface area (Å²) in [6.45, 7) is 2.25. The van der Waals surface area contributed by atoms with Gasteiger partial charge >= 0.3 is 0 Å². The minimum absolute atomic E-state index is 0.381. The lowest BCUT2D eigenvalue weighted by Gasteiger charge is -2.28. The van der Waals surface area contributed by atoms with Gasteiger partial charge in [0.1, 0.15) is 6.07 Å². The van der Waals surface area contributed by atoms with Crippen LogP contribution in [0.3, 0.4) is 0 Å². The molecule has 0 unspecified atom stereocenters. The first-order valence-electron chi connectivity index (χ1n) is 8.09. The van der Waals surface area contributed by atoms with Crippen LogP contribution in [0.15, 0.2) is 11.6 Å². The maximum atomic E-state index is 9.35. The Kier molecular flexibility index (Phi) is 4.84. The second-order valence-corrected chi connectivity index (χ2v) is 6.89. The van der Waals surface area contributed by atoms with Crippen molar-refractivity contribution in [3.05, 3.63) is 23.0 Å². The van der Waals surface area contributed by atoms with Crippen LogP contribution in [0.1, 0.15) is 69.2 Å². The van der Waals surface area contributed by atoms with Gasteiger partial charge < -0.3 is 0 Å². The van der Waals surface area contributed by atoms with E-state index in [4.69, 9.17) is 0 Å². The van der Waals surface area contributed by atoms with E-state index in [1.165, 1.54) is 43.4 Å². The highest BCUT2D eigenvalue weighted by Crippen LogP contribution is 2.39. The summed E-state index contributed by atoms with van der Waals surface area (Å²) in [6.07, 6.45) is 10.5. The summed E-state index contributed by atoms with van der Waals surface area (Å²) < 4.78 is 1.78. The van der Waals surface area contributed by atoms with Crippen molar-refractivity contribution in [3.63, 3.8) is 0 Å². The molecular weight excluding hydrogens is 294 g/mol. The number of unbranched alkanes of at least 4 members (excludes halogenated alkanes) is 1. The minimum atomic E-state index is 0.381. The Morgan fingerprint density at radius 2 is 2.18 bits per heavy atom. The lowest BCUT2D eigenvalue weighted by Crippen LogP contribution is -2.17. The molecule has 0 aliphatic heterocycles. The van der Waals surface area contributed by atoms with E-state index in [0.717, 1.165) is 29.6 Å². The zero-order chi connectivity index (χ0) is 15.4. The highest BCUT2D eigenvalue weighted by atomic mass is 32.1. The molecule has 0 radical (unpaired) electrons. The van der Waals surface area contributed by atoms with E-state index in [-0.39, 0.29) is 0 Å². The van der Waals surface area contributed by atoms with Crippen LogP contribution < -0.4 is 0 Å². The predicted molar refractivity (Wildman–Crippen MR) is 86.0 cm³/mol. The van der Waals surface area contributed by atoms with E-state index < -0.39 is 0 Å². The molecule has 1 saturated carbocycles. The third-order valence-electron chi connectivity index (χ3n) is 4.61. The SMILES string of the molecule is CCCCC1CCC(c2c(C#N)nnn2-c2nccs2)CC1. The molecule has 116 valence electrons. The third kappa shape index (κ3) is 3.05. The van der Waals surface area contributed by atoms with E-state index in [1.807, 2.05) is 5.38 Å². The van der Waals surface area contributed by atoms with Crippen LogP contribution >= 0.6 is 11.3 Å². The minimum Gasteiger partial charge on any atom is -0.227 e. The molecule has 0 bridgehead atoms. The fraction of sp³-hybridized carbons (Fsp3) is 0.625. The monoisotopic (exact) mass is 315 g/mol. The van der Waals surface area contributed by atoms with Gasteiger partial charge in [0, 0.05) is 17.5 Å². The molecule has 0 spiro atoms. The standard InChI is InChI=1S/C16H21N5S/c1-2-3-4-12-5-7-13(8-6-12)15-14(11-17)19-20-21(15)16-18-9-10-22-16/h9-10,12-13H,2-8H2,1H3. The van der Waals surface area contributed by atoms with E-state index in [9.17, 15) is 5.26 Å². The quantitative estimate of drug-likeness (QED) is 0.834. The largest absolute Gasteiger partial charge is 0.227 e. The van der Waals surface area contributed by atoms with Gasteiger partial charge in [0.15, 0.2) is 5.69 Å². The molecule has 0 N–H and O–H groups in total. The van der Waals surface area contributed by atoms with Gasteiger partial charge in [-0.15, -0.1) is 16.4 Å². The number of aromatic nitrogens is 4. The Labute approximate surface area is 135 Å². The number of nitriles is 1. The molecule has 5 nitrogen and oxygen atoms in total. The normalized spacial score (nSPS) is 21.6. The molecule has 1 aliphatic rings. The van der Waals surface area contributed by atoms with Crippen molar-refractivity contribution in [2.75, 3.05) is 0 Å². The summed E-state index contributed by atoms with van der Waals surface area (Å²) >= 11 is 1.53. The fourth-order valence-electron chi connectivity index (χ4n) is 3.41. The predicted octanol–water partition coefficient (Wildman–Crippen LogP) is 4.06. The maximum absolute atomic E-state index is 9.35. The number of nitrogens with zero attached hydrogens (tertiary/aromatic N) is 5. The Bertz CT molecular complexity index is 632. The number of hydrogen-bond acceptors (Lipinski definition) is 5. The van der Waals surface area contributed by atoms with E-state index in [0.29, 0.717) is 11.6 Å². The Balaban J connectivity index is 1.78. The second kappa shape index (κ2) is 7.01. The van der Waals surface area contributed by atoms with E-state index in [2.05, 4.69) is 28.3 Å². The first-order valence-corrected chi connectivity index (χ1v) is 8.97. The average molecular weight is 315 g/mol. The van der Waals surface area contributed by atoms with Crippen molar-refractivity contribution in [2.24, 2.45) is 5.92 Å². The molecule has 1 aliphatic carbocycles.